The van der Waals surface area contributed by atoms with E-state index in [0.29, 0.717) is 0 Å². The van der Waals surface area contributed by atoms with E-state index >= 15 is 0 Å². The van der Waals surface area contributed by atoms with Crippen LogP contribution >= 0.6 is 11.3 Å². The van der Waals surface area contributed by atoms with Crippen LogP contribution in [0.4, 0.5) is 0 Å². The van der Waals surface area contributed by atoms with Gasteiger partial charge in [0.05, 0.1) is 0 Å². The average molecular weight is 620 g/mol. The number of thiophene rings is 1. The molecule has 0 aliphatic carbocycles. The zero-order chi connectivity index (χ0) is 21.3. The molecule has 3 nitrogen and oxygen atoms in total. The molecule has 0 unspecified atom stereocenters. The second-order valence-corrected chi connectivity index (χ2v) is 11.6. The van der Waals surface area contributed by atoms with Crippen molar-refractivity contribution in [1.29, 1.82) is 0 Å². The number of aromatic nitrogens is 2. The predicted molar refractivity (Wildman–Crippen MR) is 134 cm³/mol. The molecule has 3 aromatic heterocycles. The van der Waals surface area contributed by atoms with Crippen molar-refractivity contribution in [2.45, 2.75) is 6.92 Å². The standard InChI is InChI=1S/C26H20N2OS.Bi.2H/c1-16-22(29-3)13-12-19-17-8-4-6-10-21(17)28(24(16)19)26-25-20(14-15-27(26)2)18-9-5-7-11-23(18)30-25;;;/h5-15H,1-3H3;;;/q+1;;;. The quantitative estimate of drug-likeness (QED) is 0.206. The number of ether oxygens (including phenoxy) is 1. The summed E-state index contributed by atoms with van der Waals surface area (Å²) in [6, 6.07) is 22.2. The minimum atomic E-state index is 0.814. The number of hydrogen-bond acceptors (Lipinski definition) is 2. The molecule has 0 fully saturated rings. The fourth-order valence-electron chi connectivity index (χ4n) is 4.79. The Kier molecular flexibility index (Phi) is 4.35. The van der Waals surface area contributed by atoms with Crippen molar-refractivity contribution >= 4 is 81.3 Å². The summed E-state index contributed by atoms with van der Waals surface area (Å²) in [4.78, 5) is 0. The van der Waals surface area contributed by atoms with Gasteiger partial charge >= 0.3 is 200 Å². The maximum atomic E-state index is 5.72. The van der Waals surface area contributed by atoms with Crippen molar-refractivity contribution in [2.75, 3.05) is 7.11 Å². The van der Waals surface area contributed by atoms with Crippen LogP contribution in [0, 0.1) is 6.92 Å². The van der Waals surface area contributed by atoms with Crippen molar-refractivity contribution in [3.63, 3.8) is 0 Å². The van der Waals surface area contributed by atoms with E-state index in [-0.39, 0.29) is 0 Å². The molecule has 5 heteroatoms. The number of fused-ring (bicyclic) bond motifs is 6. The normalized spacial score (nSPS) is 11.9. The van der Waals surface area contributed by atoms with Gasteiger partial charge in [-0.25, -0.2) is 0 Å². The minimum absolute atomic E-state index is 0.814. The Morgan fingerprint density at radius 1 is 0.935 bits per heavy atom. The molecule has 31 heavy (non-hydrogen) atoms. The summed E-state index contributed by atoms with van der Waals surface area (Å²) >= 11 is 2.69. The van der Waals surface area contributed by atoms with Crippen LogP contribution in [0.3, 0.4) is 0 Å². The van der Waals surface area contributed by atoms with E-state index < -0.39 is 0 Å². The molecule has 0 atom stereocenters. The molecule has 0 aliphatic rings. The Hall–Kier alpha value is -2.49. The van der Waals surface area contributed by atoms with Crippen molar-refractivity contribution < 1.29 is 9.30 Å². The van der Waals surface area contributed by atoms with Gasteiger partial charge in [-0.15, -0.1) is 0 Å². The summed E-state index contributed by atoms with van der Waals surface area (Å²) in [6.45, 7) is 2.17. The van der Waals surface area contributed by atoms with Crippen LogP contribution < -0.4 is 12.6 Å². The van der Waals surface area contributed by atoms with Crippen LogP contribution in [0.2, 0.25) is 0 Å². The van der Waals surface area contributed by atoms with Crippen LogP contribution in [-0.2, 0) is 7.05 Å². The number of nitrogens with zero attached hydrogens (tertiary/aromatic N) is 2. The first-order valence-corrected chi connectivity index (χ1v) is 13.3. The second kappa shape index (κ2) is 7.01. The molecular weight excluding hydrogens is 597 g/mol. The second-order valence-electron chi connectivity index (χ2n) is 7.99. The number of pyridine rings is 1. The number of hydrogen-bond donors (Lipinski definition) is 0. The number of methoxy groups -OCH3 is 1. The molecule has 0 saturated carbocycles. The monoisotopic (exact) mass is 619 g/mol. The molecular formula is C26H22BiN2OS+. The molecule has 0 bridgehead atoms. The number of aryl methyl sites for hydroxylation is 2. The van der Waals surface area contributed by atoms with Gasteiger partial charge in [-0.2, -0.15) is 0 Å². The van der Waals surface area contributed by atoms with Crippen molar-refractivity contribution in [1.82, 2.24) is 4.57 Å². The fourth-order valence-corrected chi connectivity index (χ4v) is 7.08. The van der Waals surface area contributed by atoms with Gasteiger partial charge in [-0.3, -0.25) is 0 Å². The van der Waals surface area contributed by atoms with Gasteiger partial charge in [-0.1, -0.05) is 0 Å². The van der Waals surface area contributed by atoms with E-state index in [1.807, 2.05) is 11.3 Å². The first kappa shape index (κ1) is 19.2. The molecule has 6 aromatic rings. The summed E-state index contributed by atoms with van der Waals surface area (Å²) in [5, 5.41) is 5.24. The molecule has 152 valence electrons. The molecule has 0 spiro atoms. The third-order valence-corrected chi connectivity index (χ3v) is 8.80. The third kappa shape index (κ3) is 2.70. The molecule has 6 rings (SSSR count). The molecule has 0 radical (unpaired) electrons. The van der Waals surface area contributed by atoms with Crippen LogP contribution in [0.15, 0.2) is 66.9 Å². The van der Waals surface area contributed by atoms with Crippen molar-refractivity contribution in [2.24, 2.45) is 7.05 Å². The van der Waals surface area contributed by atoms with E-state index in [1.165, 1.54) is 56.6 Å². The van der Waals surface area contributed by atoms with Gasteiger partial charge < -0.3 is 0 Å². The Morgan fingerprint density at radius 2 is 1.77 bits per heavy atom. The molecule has 0 amide bonds. The maximum absolute atomic E-state index is 5.72. The van der Waals surface area contributed by atoms with Gasteiger partial charge in [0.15, 0.2) is 0 Å². The van der Waals surface area contributed by atoms with Crippen LogP contribution in [0.5, 0.6) is 5.75 Å². The van der Waals surface area contributed by atoms with Gasteiger partial charge in [0, 0.05) is 0 Å². The molecule has 0 N–H and O–H groups in total. The van der Waals surface area contributed by atoms with E-state index in [1.54, 1.807) is 7.11 Å². The van der Waals surface area contributed by atoms with Crippen molar-refractivity contribution in [3.05, 3.63) is 72.4 Å². The summed E-state index contributed by atoms with van der Waals surface area (Å²) < 4.78 is 14.5. The molecule has 0 saturated heterocycles. The first-order chi connectivity index (χ1) is 15.1. The molecule has 3 aromatic carbocycles. The van der Waals surface area contributed by atoms with E-state index in [2.05, 4.69) is 90.0 Å². The van der Waals surface area contributed by atoms with Gasteiger partial charge in [0.1, 0.15) is 0 Å². The topological polar surface area (TPSA) is 18.0 Å². The number of benzene rings is 3. The Morgan fingerprint density at radius 3 is 2.61 bits per heavy atom. The van der Waals surface area contributed by atoms with E-state index in [0.717, 1.165) is 30.5 Å². The summed E-state index contributed by atoms with van der Waals surface area (Å²) in [5.74, 6) is 2.13. The van der Waals surface area contributed by atoms with Crippen molar-refractivity contribution in [3.8, 4) is 11.6 Å². The summed E-state index contributed by atoms with van der Waals surface area (Å²) in [7, 11) is 3.90. The Balaban J connectivity index is 1.88. The zero-order valence-corrected chi connectivity index (χ0v) is 22.9. The van der Waals surface area contributed by atoms with E-state index in [4.69, 9.17) is 4.74 Å². The van der Waals surface area contributed by atoms with Crippen LogP contribution in [0.1, 0.15) is 5.56 Å². The summed E-state index contributed by atoms with van der Waals surface area (Å²) in [6.07, 6.45) is 2.19. The molecule has 0 aliphatic heterocycles. The zero-order valence-electron chi connectivity index (χ0n) is 17.6. The Labute approximate surface area is 199 Å². The van der Waals surface area contributed by atoms with Crippen LogP contribution in [0.25, 0.3) is 47.8 Å². The fraction of sp³-hybridized carbons (Fsp3) is 0.115. The molecule has 3 heterocycles. The SMILES string of the molecule is COc1ccc2c3c[c]([BiH2])ccc3n(-c3c4sc5ccccc5c4cc[n+]3C)c2c1C. The van der Waals surface area contributed by atoms with Crippen LogP contribution in [-0.4, -0.2) is 36.4 Å². The van der Waals surface area contributed by atoms with Gasteiger partial charge in [0.2, 0.25) is 0 Å². The third-order valence-electron chi connectivity index (χ3n) is 6.22. The number of rotatable bonds is 2. The summed E-state index contributed by atoms with van der Waals surface area (Å²) in [5.41, 5.74) is 3.65. The Bertz CT molecular complexity index is 1660. The van der Waals surface area contributed by atoms with Gasteiger partial charge in [-0.05, 0) is 0 Å². The van der Waals surface area contributed by atoms with E-state index in [9.17, 15) is 0 Å². The predicted octanol–water partition coefficient (Wildman–Crippen LogP) is 4.55. The average Bonchev–Trinajstić information content (AvgIpc) is 3.30. The van der Waals surface area contributed by atoms with Gasteiger partial charge in [0.25, 0.3) is 0 Å². The first-order valence-electron chi connectivity index (χ1n) is 10.3.